The third-order valence-corrected chi connectivity index (χ3v) is 3.73. The minimum atomic E-state index is -0.457. The van der Waals surface area contributed by atoms with Crippen molar-refractivity contribution in [2.45, 2.75) is 71.9 Å². The molecule has 1 aliphatic carbocycles. The fourth-order valence-corrected chi connectivity index (χ4v) is 2.80. The van der Waals surface area contributed by atoms with Crippen LogP contribution < -0.4 is 11.1 Å². The third kappa shape index (κ3) is 6.28. The van der Waals surface area contributed by atoms with Crippen molar-refractivity contribution in [1.82, 2.24) is 5.32 Å². The summed E-state index contributed by atoms with van der Waals surface area (Å²) >= 11 is 0. The molecule has 19 heavy (non-hydrogen) atoms. The molecule has 0 saturated heterocycles. The van der Waals surface area contributed by atoms with Gasteiger partial charge < -0.3 is 15.8 Å². The van der Waals surface area contributed by atoms with Gasteiger partial charge in [0.25, 0.3) is 0 Å². The molecule has 0 spiro atoms. The Balaban J connectivity index is 2.35. The monoisotopic (exact) mass is 270 g/mol. The second kappa shape index (κ2) is 6.12. The van der Waals surface area contributed by atoms with Crippen molar-refractivity contribution < 1.29 is 9.53 Å². The Labute approximate surface area is 117 Å². The third-order valence-electron chi connectivity index (χ3n) is 3.73. The van der Waals surface area contributed by atoms with Gasteiger partial charge in [0.15, 0.2) is 0 Å². The zero-order valence-electron chi connectivity index (χ0n) is 13.1. The smallest absolute Gasteiger partial charge is 0.407 e. The Kier molecular flexibility index (Phi) is 5.25. The SMILES string of the molecule is CC1(C)CCCC(C(N)CNC(=O)OC(C)(C)C)C1. The number of carbonyl (C=O) groups is 1. The number of ether oxygens (including phenoxy) is 1. The molecule has 0 aromatic rings. The molecule has 2 atom stereocenters. The van der Waals surface area contributed by atoms with Crippen molar-refractivity contribution in [2.75, 3.05) is 6.54 Å². The standard InChI is InChI=1S/C15H30N2O2/c1-14(2,3)19-13(18)17-10-12(16)11-7-6-8-15(4,5)9-11/h11-12H,6-10,16H2,1-5H3,(H,17,18). The normalized spacial score (nSPS) is 24.6. The number of nitrogens with one attached hydrogen (secondary N) is 1. The molecular weight excluding hydrogens is 240 g/mol. The summed E-state index contributed by atoms with van der Waals surface area (Å²) in [5, 5.41) is 2.78. The Bertz CT molecular complexity index is 308. The van der Waals surface area contributed by atoms with Crippen molar-refractivity contribution in [2.24, 2.45) is 17.1 Å². The van der Waals surface area contributed by atoms with E-state index in [1.807, 2.05) is 20.8 Å². The van der Waals surface area contributed by atoms with E-state index in [-0.39, 0.29) is 12.1 Å². The lowest BCUT2D eigenvalue weighted by molar-refractivity contribution is 0.0516. The summed E-state index contributed by atoms with van der Waals surface area (Å²) in [5.74, 6) is 0.499. The van der Waals surface area contributed by atoms with E-state index in [1.54, 1.807) is 0 Å². The van der Waals surface area contributed by atoms with Gasteiger partial charge >= 0.3 is 6.09 Å². The number of hydrogen-bond acceptors (Lipinski definition) is 3. The number of hydrogen-bond donors (Lipinski definition) is 2. The summed E-state index contributed by atoms with van der Waals surface area (Å²) in [5.41, 5.74) is 6.14. The molecule has 3 N–H and O–H groups in total. The maximum atomic E-state index is 11.6. The molecule has 1 fully saturated rings. The average Bonchev–Trinajstić information content (AvgIpc) is 2.22. The van der Waals surface area contributed by atoms with Crippen LogP contribution in [0.4, 0.5) is 4.79 Å². The molecule has 0 heterocycles. The predicted molar refractivity (Wildman–Crippen MR) is 78.0 cm³/mol. The molecule has 4 heteroatoms. The minimum Gasteiger partial charge on any atom is -0.444 e. The summed E-state index contributed by atoms with van der Waals surface area (Å²) in [6.07, 6.45) is 4.44. The number of nitrogens with two attached hydrogens (primary N) is 1. The molecule has 112 valence electrons. The quantitative estimate of drug-likeness (QED) is 0.828. The molecule has 1 saturated carbocycles. The molecule has 0 aliphatic heterocycles. The first kappa shape index (κ1) is 16.3. The molecule has 1 rings (SSSR count). The lowest BCUT2D eigenvalue weighted by Gasteiger charge is -2.38. The summed E-state index contributed by atoms with van der Waals surface area (Å²) in [4.78, 5) is 11.6. The van der Waals surface area contributed by atoms with Gasteiger partial charge in [0.05, 0.1) is 0 Å². The van der Waals surface area contributed by atoms with Crippen LogP contribution in [0, 0.1) is 11.3 Å². The fourth-order valence-electron chi connectivity index (χ4n) is 2.80. The van der Waals surface area contributed by atoms with E-state index in [9.17, 15) is 4.79 Å². The van der Waals surface area contributed by atoms with Gasteiger partial charge in [0.1, 0.15) is 5.60 Å². The molecule has 0 aromatic heterocycles. The minimum absolute atomic E-state index is 0.0205. The van der Waals surface area contributed by atoms with Gasteiger partial charge in [-0.1, -0.05) is 20.3 Å². The van der Waals surface area contributed by atoms with E-state index in [1.165, 1.54) is 19.3 Å². The highest BCUT2D eigenvalue weighted by molar-refractivity contribution is 5.67. The first-order valence-corrected chi connectivity index (χ1v) is 7.31. The van der Waals surface area contributed by atoms with Crippen LogP contribution in [0.15, 0.2) is 0 Å². The second-order valence-corrected chi connectivity index (χ2v) is 7.57. The number of alkyl carbamates (subject to hydrolysis) is 1. The van der Waals surface area contributed by atoms with Crippen molar-refractivity contribution in [3.8, 4) is 0 Å². The lowest BCUT2D eigenvalue weighted by Crippen LogP contribution is -2.45. The molecule has 1 amide bonds. The summed E-state index contributed by atoms with van der Waals surface area (Å²) in [6.45, 7) is 10.7. The topological polar surface area (TPSA) is 64.3 Å². The van der Waals surface area contributed by atoms with Crippen LogP contribution in [0.25, 0.3) is 0 Å². The van der Waals surface area contributed by atoms with Crippen molar-refractivity contribution in [1.29, 1.82) is 0 Å². The van der Waals surface area contributed by atoms with Crippen LogP contribution in [-0.4, -0.2) is 24.3 Å². The van der Waals surface area contributed by atoms with Gasteiger partial charge in [-0.05, 0) is 51.4 Å². The van der Waals surface area contributed by atoms with Crippen molar-refractivity contribution in [3.63, 3.8) is 0 Å². The van der Waals surface area contributed by atoms with E-state index in [0.29, 0.717) is 17.9 Å². The van der Waals surface area contributed by atoms with Crippen LogP contribution in [0.1, 0.15) is 60.3 Å². The molecule has 0 aromatic carbocycles. The van der Waals surface area contributed by atoms with E-state index < -0.39 is 5.60 Å². The van der Waals surface area contributed by atoms with Crippen molar-refractivity contribution >= 4 is 6.09 Å². The van der Waals surface area contributed by atoms with Crippen LogP contribution in [0.2, 0.25) is 0 Å². The second-order valence-electron chi connectivity index (χ2n) is 7.57. The van der Waals surface area contributed by atoms with E-state index in [0.717, 1.165) is 6.42 Å². The summed E-state index contributed by atoms with van der Waals surface area (Å²) < 4.78 is 5.21. The maximum Gasteiger partial charge on any atom is 0.407 e. The first-order valence-electron chi connectivity index (χ1n) is 7.31. The van der Waals surface area contributed by atoms with Crippen LogP contribution in [0.5, 0.6) is 0 Å². The van der Waals surface area contributed by atoms with Gasteiger partial charge in [-0.2, -0.15) is 0 Å². The van der Waals surface area contributed by atoms with E-state index >= 15 is 0 Å². The first-order chi connectivity index (χ1) is 8.59. The predicted octanol–water partition coefficient (Wildman–Crippen LogP) is 3.05. The highest BCUT2D eigenvalue weighted by Crippen LogP contribution is 2.39. The fraction of sp³-hybridized carbons (Fsp3) is 0.933. The molecule has 0 bridgehead atoms. The molecule has 4 nitrogen and oxygen atoms in total. The molecule has 2 unspecified atom stereocenters. The molecule has 0 radical (unpaired) electrons. The summed E-state index contributed by atoms with van der Waals surface area (Å²) in [7, 11) is 0. The van der Waals surface area contributed by atoms with Gasteiger partial charge in [-0.15, -0.1) is 0 Å². The van der Waals surface area contributed by atoms with Crippen LogP contribution in [-0.2, 0) is 4.74 Å². The van der Waals surface area contributed by atoms with Crippen LogP contribution in [0.3, 0.4) is 0 Å². The maximum absolute atomic E-state index is 11.6. The number of rotatable bonds is 3. The highest BCUT2D eigenvalue weighted by Gasteiger charge is 2.31. The Morgan fingerprint density at radius 3 is 2.63 bits per heavy atom. The van der Waals surface area contributed by atoms with Crippen molar-refractivity contribution in [3.05, 3.63) is 0 Å². The zero-order chi connectivity index (χ0) is 14.7. The van der Waals surface area contributed by atoms with E-state index in [2.05, 4.69) is 19.2 Å². The molecule has 1 aliphatic rings. The summed E-state index contributed by atoms with van der Waals surface area (Å²) in [6, 6.07) is 0.0205. The number of amides is 1. The average molecular weight is 270 g/mol. The Morgan fingerprint density at radius 2 is 2.11 bits per heavy atom. The van der Waals surface area contributed by atoms with Gasteiger partial charge in [-0.25, -0.2) is 4.79 Å². The lowest BCUT2D eigenvalue weighted by atomic mass is 9.70. The highest BCUT2D eigenvalue weighted by atomic mass is 16.6. The Hall–Kier alpha value is -0.770. The van der Waals surface area contributed by atoms with Gasteiger partial charge in [0.2, 0.25) is 0 Å². The zero-order valence-corrected chi connectivity index (χ0v) is 13.1. The Morgan fingerprint density at radius 1 is 1.47 bits per heavy atom. The largest absolute Gasteiger partial charge is 0.444 e. The van der Waals surface area contributed by atoms with E-state index in [4.69, 9.17) is 10.5 Å². The van der Waals surface area contributed by atoms with Gasteiger partial charge in [-0.3, -0.25) is 0 Å². The molecular formula is C15H30N2O2. The van der Waals surface area contributed by atoms with Crippen LogP contribution >= 0.6 is 0 Å². The van der Waals surface area contributed by atoms with Gasteiger partial charge in [0, 0.05) is 12.6 Å². The number of carbonyl (C=O) groups excluding carboxylic acids is 1.